The number of nitrogens with zero attached hydrogens (tertiary/aromatic N) is 4. The summed E-state index contributed by atoms with van der Waals surface area (Å²) in [6.45, 7) is 20.0. The molecule has 0 aromatic heterocycles. The van der Waals surface area contributed by atoms with Gasteiger partial charge >= 0.3 is 5.97 Å². The molecule has 0 radical (unpaired) electrons. The third kappa shape index (κ3) is 54.9. The molecular formula is C69H140N4O6S2. The van der Waals surface area contributed by atoms with Gasteiger partial charge in [0.05, 0.1) is 24.4 Å². The van der Waals surface area contributed by atoms with E-state index in [1.807, 2.05) is 21.6 Å². The van der Waals surface area contributed by atoms with Crippen molar-refractivity contribution in [3.8, 4) is 0 Å². The molecule has 0 amide bonds. The summed E-state index contributed by atoms with van der Waals surface area (Å²) in [6, 6.07) is 0. The predicted molar refractivity (Wildman–Crippen MR) is 356 cm³/mol. The molecule has 1 fully saturated rings. The zero-order valence-corrected chi connectivity index (χ0v) is 56.1. The van der Waals surface area contributed by atoms with E-state index in [4.69, 9.17) is 4.74 Å². The summed E-state index contributed by atoms with van der Waals surface area (Å²) in [4.78, 5) is 22.6. The molecule has 12 heteroatoms. The summed E-state index contributed by atoms with van der Waals surface area (Å²) < 4.78 is 5.74. The second kappa shape index (κ2) is 61.5. The van der Waals surface area contributed by atoms with Gasteiger partial charge in [-0.15, -0.1) is 0 Å². The molecule has 4 N–H and O–H groups in total. The van der Waals surface area contributed by atoms with Crippen LogP contribution in [0.15, 0.2) is 0 Å². The van der Waals surface area contributed by atoms with Crippen molar-refractivity contribution in [2.75, 3.05) is 96.6 Å². The van der Waals surface area contributed by atoms with E-state index in [1.54, 1.807) is 0 Å². The van der Waals surface area contributed by atoms with Crippen LogP contribution in [0.5, 0.6) is 0 Å². The molecule has 0 aromatic carbocycles. The lowest BCUT2D eigenvalue weighted by atomic mass is 10.0. The minimum absolute atomic E-state index is 0.142. The molecule has 484 valence electrons. The summed E-state index contributed by atoms with van der Waals surface area (Å²) >= 11 is 0. The molecule has 1 saturated heterocycles. The highest BCUT2D eigenvalue weighted by Gasteiger charge is 2.20. The normalized spacial score (nSPS) is 15.1. The van der Waals surface area contributed by atoms with Crippen molar-refractivity contribution < 1.29 is 30.0 Å². The Morgan fingerprint density at radius 2 is 0.679 bits per heavy atom. The molecule has 10 nitrogen and oxygen atoms in total. The van der Waals surface area contributed by atoms with Crippen LogP contribution in [0.2, 0.25) is 0 Å². The van der Waals surface area contributed by atoms with Crippen LogP contribution in [0.3, 0.4) is 0 Å². The van der Waals surface area contributed by atoms with Gasteiger partial charge in [-0.05, 0) is 71.0 Å². The first-order valence-electron chi connectivity index (χ1n) is 35.7. The number of carbonyl (C=O) groups is 1. The third-order valence-corrected chi connectivity index (χ3v) is 19.7. The Labute approximate surface area is 512 Å². The topological polar surface area (TPSA) is 120 Å². The highest BCUT2D eigenvalue weighted by Crippen LogP contribution is 2.23. The molecule has 4 unspecified atom stereocenters. The van der Waals surface area contributed by atoms with Gasteiger partial charge in [-0.3, -0.25) is 19.5 Å². The lowest BCUT2D eigenvalue weighted by Crippen LogP contribution is -2.47. The van der Waals surface area contributed by atoms with Crippen LogP contribution in [0, 0.1) is 0 Å². The Kier molecular flexibility index (Phi) is 59.9. The molecule has 0 saturated carbocycles. The van der Waals surface area contributed by atoms with E-state index in [0.29, 0.717) is 39.1 Å². The second-order valence-electron chi connectivity index (χ2n) is 25.3. The van der Waals surface area contributed by atoms with Gasteiger partial charge in [0, 0.05) is 76.8 Å². The fraction of sp³-hybridized carbons (Fsp3) is 0.986. The van der Waals surface area contributed by atoms with Crippen LogP contribution >= 0.6 is 21.6 Å². The number of carbonyl (C=O) groups excluding carboxylic acids is 1. The van der Waals surface area contributed by atoms with E-state index < -0.39 is 12.2 Å². The molecular weight excluding hydrogens is 1040 g/mol. The van der Waals surface area contributed by atoms with Crippen molar-refractivity contribution in [3.63, 3.8) is 0 Å². The molecule has 1 aliphatic rings. The zero-order valence-electron chi connectivity index (χ0n) is 54.4. The fourth-order valence-corrected chi connectivity index (χ4v) is 14.0. The number of piperazine rings is 1. The van der Waals surface area contributed by atoms with Crippen molar-refractivity contribution in [2.24, 2.45) is 0 Å². The number of unbranched alkanes of at least 4 members (excludes halogenated alkanes) is 32. The molecule has 0 aromatic rings. The van der Waals surface area contributed by atoms with E-state index in [1.165, 1.54) is 205 Å². The molecule has 4 atom stereocenters. The lowest BCUT2D eigenvalue weighted by molar-refractivity contribution is -0.144. The summed E-state index contributed by atoms with van der Waals surface area (Å²) in [5.74, 6) is 2.10. The Morgan fingerprint density at radius 1 is 0.370 bits per heavy atom. The SMILES string of the molecule is CCCCCCCCCCCCC(O)CCCN(CCCSSCCN1CCN(CCOC(=O)CCCN(CC(O)CCCCCCCCCC)CC(O)CCCCCCCCCC)CC1)CC(O)CCCCCCCCCCCC. The van der Waals surface area contributed by atoms with Crippen molar-refractivity contribution in [3.05, 3.63) is 0 Å². The molecule has 1 heterocycles. The maximum Gasteiger partial charge on any atom is 0.305 e. The minimum atomic E-state index is -0.403. The van der Waals surface area contributed by atoms with Crippen molar-refractivity contribution >= 4 is 27.6 Å². The lowest BCUT2D eigenvalue weighted by Gasteiger charge is -2.34. The Balaban J connectivity index is 2.38. The number of rotatable bonds is 65. The summed E-state index contributed by atoms with van der Waals surface area (Å²) in [5, 5.41) is 44.0. The molecule has 81 heavy (non-hydrogen) atoms. The largest absolute Gasteiger partial charge is 0.464 e. The van der Waals surface area contributed by atoms with Gasteiger partial charge in [0.1, 0.15) is 6.61 Å². The Morgan fingerprint density at radius 3 is 1.09 bits per heavy atom. The molecule has 0 bridgehead atoms. The van der Waals surface area contributed by atoms with E-state index in [9.17, 15) is 25.2 Å². The van der Waals surface area contributed by atoms with Crippen molar-refractivity contribution in [1.29, 1.82) is 0 Å². The van der Waals surface area contributed by atoms with E-state index >= 15 is 0 Å². The van der Waals surface area contributed by atoms with Gasteiger partial charge in [0.25, 0.3) is 0 Å². The Bertz CT molecular complexity index is 1240. The Hall–Kier alpha value is -0.150. The highest BCUT2D eigenvalue weighted by molar-refractivity contribution is 8.76. The monoisotopic (exact) mass is 1190 g/mol. The smallest absolute Gasteiger partial charge is 0.305 e. The molecule has 0 spiro atoms. The van der Waals surface area contributed by atoms with Gasteiger partial charge in [0.15, 0.2) is 0 Å². The van der Waals surface area contributed by atoms with Crippen LogP contribution in [0.1, 0.15) is 317 Å². The molecule has 0 aliphatic carbocycles. The number of hydrogen-bond donors (Lipinski definition) is 4. The quantitative estimate of drug-likeness (QED) is 0.0264. The van der Waals surface area contributed by atoms with E-state index in [2.05, 4.69) is 47.3 Å². The highest BCUT2D eigenvalue weighted by atomic mass is 33.1. The summed E-state index contributed by atoms with van der Waals surface area (Å²) in [7, 11) is 3.99. The minimum Gasteiger partial charge on any atom is -0.464 e. The number of aliphatic hydroxyl groups is 4. The van der Waals surface area contributed by atoms with E-state index in [0.717, 1.165) is 141 Å². The average Bonchev–Trinajstić information content (AvgIpc) is 3.45. The van der Waals surface area contributed by atoms with Gasteiger partial charge in [-0.25, -0.2) is 0 Å². The fourth-order valence-electron chi connectivity index (χ4n) is 11.9. The summed E-state index contributed by atoms with van der Waals surface area (Å²) in [5.41, 5.74) is 0. The average molecular weight is 1190 g/mol. The maximum atomic E-state index is 12.9. The number of hydrogen-bond acceptors (Lipinski definition) is 12. The second-order valence-corrected chi connectivity index (χ2v) is 28.0. The maximum absolute atomic E-state index is 12.9. The summed E-state index contributed by atoms with van der Waals surface area (Å²) in [6.07, 6.45) is 52.8. The molecule has 1 rings (SSSR count). The van der Waals surface area contributed by atoms with Gasteiger partial charge in [0.2, 0.25) is 0 Å². The van der Waals surface area contributed by atoms with Crippen molar-refractivity contribution in [1.82, 2.24) is 19.6 Å². The number of esters is 1. The number of aliphatic hydroxyl groups excluding tert-OH is 4. The first-order chi connectivity index (χ1) is 39.7. The van der Waals surface area contributed by atoms with Crippen LogP contribution < -0.4 is 0 Å². The zero-order chi connectivity index (χ0) is 58.7. The number of ether oxygens (including phenoxy) is 1. The predicted octanol–water partition coefficient (Wildman–Crippen LogP) is 17.2. The van der Waals surface area contributed by atoms with Gasteiger partial charge in [-0.2, -0.15) is 0 Å². The van der Waals surface area contributed by atoms with Gasteiger partial charge < -0.3 is 30.1 Å². The van der Waals surface area contributed by atoms with Gasteiger partial charge in [-0.1, -0.05) is 280 Å². The third-order valence-electron chi connectivity index (χ3n) is 17.2. The van der Waals surface area contributed by atoms with Crippen LogP contribution in [0.4, 0.5) is 0 Å². The van der Waals surface area contributed by atoms with Crippen LogP contribution in [-0.2, 0) is 9.53 Å². The molecule has 1 aliphatic heterocycles. The first kappa shape index (κ1) is 78.9. The first-order valence-corrected chi connectivity index (χ1v) is 38.2. The van der Waals surface area contributed by atoms with Crippen LogP contribution in [0.25, 0.3) is 0 Å². The van der Waals surface area contributed by atoms with Crippen molar-refractivity contribution in [2.45, 2.75) is 341 Å². The van der Waals surface area contributed by atoms with E-state index in [-0.39, 0.29) is 18.2 Å². The standard InChI is InChI=1S/C69H140N4O6S2/c1-5-9-13-17-21-25-27-31-33-37-44-65(74)48-41-50-72(62-66(75)45-38-36-32-28-26-22-18-14-10-6-2)52-43-60-80-81-61-58-71-55-53-70(54-56-71)57-59-79-69(78)49-42-51-73(63-67(76)46-39-34-29-23-19-15-11-7-3)64-68(77)47-40-35-30-24-20-16-12-8-4/h65-68,74-77H,5-64H2,1-4H3. The van der Waals surface area contributed by atoms with Crippen LogP contribution in [-0.4, -0.2) is 167 Å².